The van der Waals surface area contributed by atoms with Crippen molar-refractivity contribution in [3.63, 3.8) is 0 Å². The van der Waals surface area contributed by atoms with E-state index in [9.17, 15) is 9.90 Å². The standard InChI is InChI=1S/C20H30N4O3/c1-4-5-6-14-7-8-15(27-3)18-17(14)21-13-16(22-18)23-19(25)24-11-9-20(2,26)10-12-24/h13,26H,4-12H2,1-3H3,(H,22,23,25). The Morgan fingerprint density at radius 3 is 2.74 bits per heavy atom. The lowest BCUT2D eigenvalue weighted by molar-refractivity contribution is 0.00569. The van der Waals surface area contributed by atoms with Gasteiger partial charge in [-0.15, -0.1) is 0 Å². The molecule has 1 aromatic heterocycles. The van der Waals surface area contributed by atoms with Crippen molar-refractivity contribution in [2.24, 2.45) is 0 Å². The van der Waals surface area contributed by atoms with E-state index in [1.807, 2.05) is 6.92 Å². The number of nitrogens with one attached hydrogen (secondary N) is 1. The van der Waals surface area contributed by atoms with Crippen molar-refractivity contribution in [2.45, 2.75) is 64.4 Å². The molecular formula is C20H30N4O3. The van der Waals surface area contributed by atoms with E-state index in [2.05, 4.69) is 22.2 Å². The van der Waals surface area contributed by atoms with Crippen molar-refractivity contribution in [3.8, 4) is 0 Å². The Balaban J connectivity index is 1.82. The highest BCUT2D eigenvalue weighted by atomic mass is 16.5. The predicted octanol–water partition coefficient (Wildman–Crippen LogP) is 1.74. The number of hydrogen-bond acceptors (Lipinski definition) is 5. The van der Waals surface area contributed by atoms with Crippen molar-refractivity contribution in [1.29, 1.82) is 0 Å². The fourth-order valence-corrected chi connectivity index (χ4v) is 3.62. The number of ether oxygens (including phenoxy) is 1. The van der Waals surface area contributed by atoms with E-state index in [0.29, 0.717) is 31.7 Å². The van der Waals surface area contributed by atoms with E-state index in [1.54, 1.807) is 18.2 Å². The first-order valence-corrected chi connectivity index (χ1v) is 9.84. The summed E-state index contributed by atoms with van der Waals surface area (Å²) in [6.07, 6.45) is 7.84. The fourth-order valence-electron chi connectivity index (χ4n) is 3.62. The molecule has 0 saturated carbocycles. The van der Waals surface area contributed by atoms with Gasteiger partial charge in [0.05, 0.1) is 24.3 Å². The monoisotopic (exact) mass is 374 g/mol. The molecule has 7 heteroatoms. The molecule has 2 N–H and O–H groups in total. The third kappa shape index (κ3) is 4.58. The molecule has 1 saturated heterocycles. The maximum atomic E-state index is 12.5. The van der Waals surface area contributed by atoms with Crippen molar-refractivity contribution in [2.75, 3.05) is 25.5 Å². The maximum Gasteiger partial charge on any atom is 0.323 e. The molecule has 0 atom stereocenters. The number of likely N-dealkylation sites (tertiary alicyclic amines) is 1. The summed E-state index contributed by atoms with van der Waals surface area (Å²) in [5.74, 6) is 1.25. The van der Waals surface area contributed by atoms with Crippen LogP contribution < -0.4 is 16.0 Å². The van der Waals surface area contributed by atoms with E-state index in [0.717, 1.165) is 48.6 Å². The van der Waals surface area contributed by atoms with E-state index in [-0.39, 0.29) is 6.03 Å². The van der Waals surface area contributed by atoms with Gasteiger partial charge >= 0.3 is 6.03 Å². The summed E-state index contributed by atoms with van der Waals surface area (Å²) < 4.78 is 5.52. The second-order valence-corrected chi connectivity index (χ2v) is 7.70. The normalized spacial score (nSPS) is 18.9. The molecule has 1 aliphatic heterocycles. The van der Waals surface area contributed by atoms with Gasteiger partial charge in [0.1, 0.15) is 11.1 Å². The molecule has 0 aromatic carbocycles. The summed E-state index contributed by atoms with van der Waals surface area (Å²) in [6, 6.07) is -0.204. The summed E-state index contributed by atoms with van der Waals surface area (Å²) in [7, 11) is 1.66. The summed E-state index contributed by atoms with van der Waals surface area (Å²) in [4.78, 5) is 23.5. The number of carbonyl (C=O) groups is 1. The Morgan fingerprint density at radius 1 is 1.33 bits per heavy atom. The van der Waals surface area contributed by atoms with Crippen LogP contribution in [-0.2, 0) is 4.74 Å². The van der Waals surface area contributed by atoms with Gasteiger partial charge in [-0.1, -0.05) is 13.3 Å². The van der Waals surface area contributed by atoms with Crippen LogP contribution in [0.3, 0.4) is 0 Å². The average molecular weight is 374 g/mol. The summed E-state index contributed by atoms with van der Waals surface area (Å²) in [6.45, 7) is 5.05. The van der Waals surface area contributed by atoms with Crippen molar-refractivity contribution in [3.05, 3.63) is 16.9 Å². The van der Waals surface area contributed by atoms with Gasteiger partial charge in [-0.05, 0) is 44.6 Å². The minimum atomic E-state index is -0.685. The number of aliphatic hydroxyl groups is 1. The van der Waals surface area contributed by atoms with E-state index in [1.165, 1.54) is 5.57 Å². The van der Waals surface area contributed by atoms with Crippen LogP contribution in [0.15, 0.2) is 6.20 Å². The minimum Gasteiger partial charge on any atom is -0.499 e. The van der Waals surface area contributed by atoms with Crippen molar-refractivity contribution in [1.82, 2.24) is 14.9 Å². The first-order chi connectivity index (χ1) is 12.9. The van der Waals surface area contributed by atoms with Gasteiger partial charge in [0, 0.05) is 19.5 Å². The number of piperidine rings is 1. The van der Waals surface area contributed by atoms with Gasteiger partial charge < -0.3 is 14.7 Å². The smallest absolute Gasteiger partial charge is 0.323 e. The summed E-state index contributed by atoms with van der Waals surface area (Å²) in [5.41, 5.74) is 0.631. The molecule has 7 nitrogen and oxygen atoms in total. The van der Waals surface area contributed by atoms with E-state index in [4.69, 9.17) is 4.74 Å². The lowest BCUT2D eigenvalue weighted by Crippen LogP contribution is -2.47. The molecule has 0 spiro atoms. The van der Waals surface area contributed by atoms with Crippen LogP contribution in [0.2, 0.25) is 0 Å². The molecule has 2 heterocycles. The molecule has 0 bridgehead atoms. The summed E-state index contributed by atoms with van der Waals surface area (Å²) in [5, 5.41) is 14.5. The highest BCUT2D eigenvalue weighted by Crippen LogP contribution is 2.22. The average Bonchev–Trinajstić information content (AvgIpc) is 2.65. The lowest BCUT2D eigenvalue weighted by Gasteiger charge is -2.35. The molecule has 2 amide bonds. The topological polar surface area (TPSA) is 87.6 Å². The van der Waals surface area contributed by atoms with Crippen molar-refractivity contribution >= 4 is 23.2 Å². The molecule has 3 rings (SSSR count). The Bertz CT molecular complexity index is 809. The number of urea groups is 1. The van der Waals surface area contributed by atoms with Gasteiger partial charge in [-0.25, -0.2) is 9.78 Å². The SMILES string of the molecule is CCCCC1=c2ncc(NC(=O)N3CCC(C)(O)CC3)nc2=C(OC)CC1. The fraction of sp³-hybridized carbons (Fsp3) is 0.650. The molecule has 2 aliphatic rings. The number of rotatable bonds is 5. The zero-order chi connectivity index (χ0) is 19.4. The number of amides is 2. The second-order valence-electron chi connectivity index (χ2n) is 7.70. The number of unbranched alkanes of at least 4 members (excludes halogenated alkanes) is 1. The van der Waals surface area contributed by atoms with Crippen LogP contribution in [0.25, 0.3) is 11.3 Å². The van der Waals surface area contributed by atoms with Gasteiger partial charge in [0.2, 0.25) is 0 Å². The molecular weight excluding hydrogens is 344 g/mol. The molecule has 0 unspecified atom stereocenters. The minimum absolute atomic E-state index is 0.204. The Kier molecular flexibility index (Phi) is 5.99. The van der Waals surface area contributed by atoms with Crippen LogP contribution in [0.5, 0.6) is 0 Å². The quantitative estimate of drug-likeness (QED) is 0.820. The van der Waals surface area contributed by atoms with Crippen LogP contribution in [0, 0.1) is 0 Å². The molecule has 1 aromatic rings. The highest BCUT2D eigenvalue weighted by molar-refractivity contribution is 5.88. The Morgan fingerprint density at radius 2 is 2.07 bits per heavy atom. The molecule has 1 aliphatic carbocycles. The Labute approximate surface area is 160 Å². The molecule has 148 valence electrons. The number of methoxy groups -OCH3 is 1. The van der Waals surface area contributed by atoms with Crippen LogP contribution in [0.1, 0.15) is 58.8 Å². The third-order valence-corrected chi connectivity index (χ3v) is 5.47. The van der Waals surface area contributed by atoms with Gasteiger partial charge in [0.25, 0.3) is 0 Å². The second kappa shape index (κ2) is 8.25. The first-order valence-electron chi connectivity index (χ1n) is 9.84. The number of anilines is 1. The molecule has 27 heavy (non-hydrogen) atoms. The summed E-state index contributed by atoms with van der Waals surface area (Å²) >= 11 is 0. The van der Waals surface area contributed by atoms with Crippen molar-refractivity contribution < 1.29 is 14.6 Å². The number of carbonyl (C=O) groups excluding carboxylic acids is 1. The largest absolute Gasteiger partial charge is 0.499 e. The number of nitrogens with zero attached hydrogens (tertiary/aromatic N) is 3. The molecule has 0 radical (unpaired) electrons. The number of hydrogen-bond donors (Lipinski definition) is 2. The Hall–Kier alpha value is -2.15. The number of fused-ring (bicyclic) bond motifs is 1. The van der Waals surface area contributed by atoms with Crippen LogP contribution in [-0.4, -0.2) is 51.8 Å². The van der Waals surface area contributed by atoms with Gasteiger partial charge in [0.15, 0.2) is 5.82 Å². The lowest BCUT2D eigenvalue weighted by atomic mass is 9.94. The molecule has 1 fully saturated rings. The van der Waals surface area contributed by atoms with Crippen LogP contribution in [0.4, 0.5) is 10.6 Å². The van der Waals surface area contributed by atoms with Gasteiger partial charge in [-0.3, -0.25) is 10.3 Å². The highest BCUT2D eigenvalue weighted by Gasteiger charge is 2.29. The third-order valence-electron chi connectivity index (χ3n) is 5.47. The zero-order valence-corrected chi connectivity index (χ0v) is 16.5. The first kappa shape index (κ1) is 19.6. The van der Waals surface area contributed by atoms with E-state index < -0.39 is 5.60 Å². The zero-order valence-electron chi connectivity index (χ0n) is 16.5. The predicted molar refractivity (Wildman–Crippen MR) is 104 cm³/mol. The van der Waals surface area contributed by atoms with Gasteiger partial charge in [-0.2, -0.15) is 0 Å². The number of aromatic nitrogens is 2. The van der Waals surface area contributed by atoms with Crippen LogP contribution >= 0.6 is 0 Å². The van der Waals surface area contributed by atoms with E-state index >= 15 is 0 Å². The maximum absolute atomic E-state index is 12.5.